The molecule has 5 nitrogen and oxygen atoms in total. The third-order valence-electron chi connectivity index (χ3n) is 6.09. The molecule has 2 amide bonds. The first-order valence-electron chi connectivity index (χ1n) is 12.6. The second-order valence-corrected chi connectivity index (χ2v) is 8.75. The zero-order chi connectivity index (χ0) is 25.8. The molecule has 0 fully saturated rings. The smallest absolute Gasteiger partial charge is 0.261 e. The Kier molecular flexibility index (Phi) is 10.5. The van der Waals surface area contributed by atoms with Gasteiger partial charge in [0.15, 0.2) is 6.61 Å². The molecule has 1 unspecified atom stereocenters. The summed E-state index contributed by atoms with van der Waals surface area (Å²) in [5, 5.41) is 2.96. The van der Waals surface area contributed by atoms with Gasteiger partial charge >= 0.3 is 0 Å². The number of rotatable bonds is 13. The maximum atomic E-state index is 14.6. The summed E-state index contributed by atoms with van der Waals surface area (Å²) < 4.78 is 20.4. The molecule has 0 aromatic heterocycles. The van der Waals surface area contributed by atoms with Crippen molar-refractivity contribution in [1.82, 2.24) is 10.2 Å². The summed E-state index contributed by atoms with van der Waals surface area (Å²) in [5.41, 5.74) is 2.43. The highest BCUT2D eigenvalue weighted by molar-refractivity contribution is 5.88. The largest absolute Gasteiger partial charge is 0.484 e. The fourth-order valence-electron chi connectivity index (χ4n) is 3.92. The molecule has 36 heavy (non-hydrogen) atoms. The zero-order valence-corrected chi connectivity index (χ0v) is 21.1. The first kappa shape index (κ1) is 26.9. The third-order valence-corrected chi connectivity index (χ3v) is 6.09. The molecule has 0 saturated heterocycles. The maximum absolute atomic E-state index is 14.6. The summed E-state index contributed by atoms with van der Waals surface area (Å²) in [5.74, 6) is -0.497. The van der Waals surface area contributed by atoms with Crippen LogP contribution in [0.5, 0.6) is 5.75 Å². The second kappa shape index (κ2) is 14.0. The summed E-state index contributed by atoms with van der Waals surface area (Å²) in [6, 6.07) is 22.6. The predicted octanol–water partition coefficient (Wildman–Crippen LogP) is 5.32. The van der Waals surface area contributed by atoms with Crippen molar-refractivity contribution in [2.75, 3.05) is 13.2 Å². The topological polar surface area (TPSA) is 58.6 Å². The Morgan fingerprint density at radius 1 is 0.917 bits per heavy atom. The van der Waals surface area contributed by atoms with E-state index in [1.165, 1.54) is 16.5 Å². The number of carbonyl (C=O) groups excluding carboxylic acids is 2. The Labute approximate surface area is 213 Å². The Hall–Kier alpha value is -3.67. The number of amides is 2. The summed E-state index contributed by atoms with van der Waals surface area (Å²) in [6.07, 6.45) is 2.99. The van der Waals surface area contributed by atoms with Crippen molar-refractivity contribution in [2.24, 2.45) is 0 Å². The molecule has 1 N–H and O–H groups in total. The van der Waals surface area contributed by atoms with Crippen molar-refractivity contribution < 1.29 is 18.7 Å². The van der Waals surface area contributed by atoms with Crippen molar-refractivity contribution in [1.29, 1.82) is 0 Å². The van der Waals surface area contributed by atoms with Crippen molar-refractivity contribution in [3.63, 3.8) is 0 Å². The lowest BCUT2D eigenvalue weighted by molar-refractivity contribution is -0.142. The zero-order valence-electron chi connectivity index (χ0n) is 21.1. The Morgan fingerprint density at radius 2 is 1.61 bits per heavy atom. The monoisotopic (exact) mass is 490 g/mol. The Balaban J connectivity index is 1.87. The van der Waals surface area contributed by atoms with E-state index in [9.17, 15) is 14.0 Å². The fourth-order valence-corrected chi connectivity index (χ4v) is 3.92. The fraction of sp³-hybridized carbons (Fsp3) is 0.333. The molecular formula is C30H35FN2O3. The van der Waals surface area contributed by atoms with Crippen LogP contribution in [0.25, 0.3) is 0 Å². The van der Waals surface area contributed by atoms with Gasteiger partial charge in [0.05, 0.1) is 0 Å². The summed E-state index contributed by atoms with van der Waals surface area (Å²) in [7, 11) is 0. The van der Waals surface area contributed by atoms with E-state index < -0.39 is 11.9 Å². The third kappa shape index (κ3) is 7.94. The van der Waals surface area contributed by atoms with Crippen LogP contribution in [-0.4, -0.2) is 35.9 Å². The highest BCUT2D eigenvalue weighted by atomic mass is 19.1. The molecule has 0 heterocycles. The summed E-state index contributed by atoms with van der Waals surface area (Å²) in [4.78, 5) is 28.3. The van der Waals surface area contributed by atoms with Crippen LogP contribution in [0.1, 0.15) is 43.4 Å². The minimum absolute atomic E-state index is 0.0393. The number of nitrogens with one attached hydrogen (secondary N) is 1. The number of hydrogen-bond acceptors (Lipinski definition) is 3. The molecule has 0 bridgehead atoms. The summed E-state index contributed by atoms with van der Waals surface area (Å²) >= 11 is 0. The number of hydrogen-bond donors (Lipinski definition) is 1. The maximum Gasteiger partial charge on any atom is 0.261 e. The van der Waals surface area contributed by atoms with E-state index in [1.54, 1.807) is 18.2 Å². The van der Waals surface area contributed by atoms with Crippen molar-refractivity contribution in [3.05, 3.63) is 101 Å². The van der Waals surface area contributed by atoms with Crippen LogP contribution in [0.2, 0.25) is 0 Å². The van der Waals surface area contributed by atoms with E-state index in [4.69, 9.17) is 4.74 Å². The van der Waals surface area contributed by atoms with Crippen molar-refractivity contribution in [2.45, 2.75) is 52.1 Å². The number of ether oxygens (including phenoxy) is 1. The molecule has 3 rings (SSSR count). The van der Waals surface area contributed by atoms with Crippen LogP contribution in [0.15, 0.2) is 78.9 Å². The average Bonchev–Trinajstić information content (AvgIpc) is 2.91. The molecule has 0 radical (unpaired) electrons. The molecule has 3 aromatic carbocycles. The molecule has 6 heteroatoms. The lowest BCUT2D eigenvalue weighted by atomic mass is 10.0. The number of nitrogens with zero attached hydrogens (tertiary/aromatic N) is 1. The van der Waals surface area contributed by atoms with E-state index in [0.717, 1.165) is 24.8 Å². The van der Waals surface area contributed by atoms with Gasteiger partial charge in [-0.05, 0) is 42.2 Å². The number of unbranched alkanes of at least 4 members (excludes halogenated alkanes) is 1. The quantitative estimate of drug-likeness (QED) is 0.330. The van der Waals surface area contributed by atoms with Crippen LogP contribution in [0.4, 0.5) is 4.39 Å². The van der Waals surface area contributed by atoms with Gasteiger partial charge in [-0.15, -0.1) is 0 Å². The first-order valence-corrected chi connectivity index (χ1v) is 12.6. The molecule has 0 aliphatic heterocycles. The predicted molar refractivity (Wildman–Crippen MR) is 140 cm³/mol. The highest BCUT2D eigenvalue weighted by Crippen LogP contribution is 2.18. The van der Waals surface area contributed by atoms with Gasteiger partial charge in [0, 0.05) is 25.1 Å². The summed E-state index contributed by atoms with van der Waals surface area (Å²) in [6.45, 7) is 4.34. The number of halogens is 1. The van der Waals surface area contributed by atoms with Crippen LogP contribution >= 0.6 is 0 Å². The minimum Gasteiger partial charge on any atom is -0.484 e. The molecule has 190 valence electrons. The normalized spacial score (nSPS) is 11.5. The SMILES string of the molecule is CCCCNC(=O)C(Cc1ccccc1)N(Cc1ccccc1F)C(=O)COc1ccc(CC)cc1. The highest BCUT2D eigenvalue weighted by Gasteiger charge is 2.31. The van der Waals surface area contributed by atoms with Crippen LogP contribution in [0.3, 0.4) is 0 Å². The van der Waals surface area contributed by atoms with Crippen molar-refractivity contribution in [3.8, 4) is 5.75 Å². The van der Waals surface area contributed by atoms with Gasteiger partial charge in [0.25, 0.3) is 5.91 Å². The average molecular weight is 491 g/mol. The number of aryl methyl sites for hydroxylation is 1. The van der Waals surface area contributed by atoms with E-state index in [-0.39, 0.29) is 25.0 Å². The molecule has 1 atom stereocenters. The van der Waals surface area contributed by atoms with Gasteiger partial charge in [0.1, 0.15) is 17.6 Å². The molecule has 0 aliphatic carbocycles. The van der Waals surface area contributed by atoms with Gasteiger partial charge in [-0.1, -0.05) is 80.9 Å². The van der Waals surface area contributed by atoms with E-state index >= 15 is 0 Å². The Morgan fingerprint density at radius 3 is 2.28 bits per heavy atom. The van der Waals surface area contributed by atoms with E-state index in [1.807, 2.05) is 61.5 Å². The molecule has 0 spiro atoms. The second-order valence-electron chi connectivity index (χ2n) is 8.75. The van der Waals surface area contributed by atoms with Crippen LogP contribution in [-0.2, 0) is 29.0 Å². The van der Waals surface area contributed by atoms with Gasteiger partial charge in [-0.2, -0.15) is 0 Å². The first-order chi connectivity index (χ1) is 17.5. The van der Waals surface area contributed by atoms with Gasteiger partial charge in [0.2, 0.25) is 5.91 Å². The lowest BCUT2D eigenvalue weighted by Gasteiger charge is -2.31. The van der Waals surface area contributed by atoms with E-state index in [0.29, 0.717) is 24.3 Å². The van der Waals surface area contributed by atoms with Crippen LogP contribution in [0, 0.1) is 5.82 Å². The molecule has 3 aromatic rings. The lowest BCUT2D eigenvalue weighted by Crippen LogP contribution is -2.52. The standard InChI is InChI=1S/C30H35FN2O3/c1-3-5-19-32-30(35)28(20-24-11-7-6-8-12-24)33(21-25-13-9-10-14-27(25)31)29(34)22-36-26-17-15-23(4-2)16-18-26/h6-18,28H,3-5,19-22H2,1-2H3,(H,32,35). The molecular weight excluding hydrogens is 455 g/mol. The van der Waals surface area contributed by atoms with Gasteiger partial charge in [-0.25, -0.2) is 4.39 Å². The van der Waals surface area contributed by atoms with Crippen LogP contribution < -0.4 is 10.1 Å². The van der Waals surface area contributed by atoms with Crippen molar-refractivity contribution >= 4 is 11.8 Å². The van der Waals surface area contributed by atoms with E-state index in [2.05, 4.69) is 12.2 Å². The van der Waals surface area contributed by atoms with Gasteiger partial charge < -0.3 is 15.0 Å². The van der Waals surface area contributed by atoms with Gasteiger partial charge in [-0.3, -0.25) is 9.59 Å². The number of carbonyl (C=O) groups is 2. The Bertz CT molecular complexity index is 1100. The molecule has 0 saturated carbocycles. The minimum atomic E-state index is -0.817. The number of benzene rings is 3. The molecule has 0 aliphatic rings.